The number of hydrogen-bond donors (Lipinski definition) is 0. The lowest BCUT2D eigenvalue weighted by Gasteiger charge is -2.44. The minimum Gasteiger partial charge on any atom is -0.440 e. The summed E-state index contributed by atoms with van der Waals surface area (Å²) < 4.78 is 13.0. The molecule has 2 aliphatic heterocycles. The molecule has 3 nitrogen and oxygen atoms in total. The van der Waals surface area contributed by atoms with Gasteiger partial charge in [-0.3, -0.25) is 4.90 Å². The quantitative estimate of drug-likeness (QED) is 0.155. The van der Waals surface area contributed by atoms with Crippen LogP contribution in [0.1, 0.15) is 114 Å². The summed E-state index contributed by atoms with van der Waals surface area (Å²) in [6, 6.07) is 31.1. The molecule has 284 valence electrons. The second-order valence-electron chi connectivity index (χ2n) is 20.8. The lowest BCUT2D eigenvalue weighted by molar-refractivity contribution is 0.332. The largest absolute Gasteiger partial charge is 0.440 e. The Morgan fingerprint density at radius 2 is 1.21 bits per heavy atom. The first-order valence-electron chi connectivity index (χ1n) is 21.2. The zero-order chi connectivity index (χ0) is 39.3. The SMILES string of the molecule is Cc1cc2c3c(c1)N(c1cc4c(cc1C)C(C)(C)CCC4(C)C)c1oc4cc5c(cc4c1B3n1c3c-2cccc3c2sc3ccccc3c21)C(C)(C)CCC5(C)C. The summed E-state index contributed by atoms with van der Waals surface area (Å²) in [6.45, 7) is 24.1. The molecule has 0 unspecified atom stereocenters. The molecular weight excluding hydrogens is 711 g/mol. The molecule has 0 fully saturated rings. The number of fused-ring (bicyclic) bond motifs is 13. The highest BCUT2D eigenvalue weighted by Gasteiger charge is 2.48. The second kappa shape index (κ2) is 10.7. The van der Waals surface area contributed by atoms with E-state index in [1.807, 2.05) is 11.3 Å². The lowest BCUT2D eigenvalue weighted by atomic mass is 9.45. The van der Waals surface area contributed by atoms with E-state index in [1.165, 1.54) is 129 Å². The van der Waals surface area contributed by atoms with Gasteiger partial charge in [-0.1, -0.05) is 104 Å². The van der Waals surface area contributed by atoms with E-state index in [4.69, 9.17) is 4.42 Å². The number of furan rings is 1. The number of aryl methyl sites for hydroxylation is 2. The van der Waals surface area contributed by atoms with Gasteiger partial charge >= 0.3 is 6.85 Å². The van der Waals surface area contributed by atoms with Gasteiger partial charge in [0.25, 0.3) is 0 Å². The first-order chi connectivity index (χ1) is 27.1. The molecule has 0 radical (unpaired) electrons. The van der Waals surface area contributed by atoms with Crippen molar-refractivity contribution in [2.45, 2.75) is 117 Å². The van der Waals surface area contributed by atoms with Crippen LogP contribution >= 0.6 is 11.3 Å². The van der Waals surface area contributed by atoms with Crippen molar-refractivity contribution in [2.75, 3.05) is 4.90 Å². The molecule has 4 aliphatic rings. The third-order valence-electron chi connectivity index (χ3n) is 15.3. The van der Waals surface area contributed by atoms with Gasteiger partial charge in [0.15, 0.2) is 0 Å². The zero-order valence-corrected chi connectivity index (χ0v) is 35.9. The van der Waals surface area contributed by atoms with Crippen LogP contribution in [0.3, 0.4) is 0 Å². The number of thiophene rings is 1. The van der Waals surface area contributed by atoms with Crippen LogP contribution in [-0.4, -0.2) is 11.3 Å². The smallest absolute Gasteiger partial charge is 0.337 e. The van der Waals surface area contributed by atoms with Crippen LogP contribution in [0.5, 0.6) is 0 Å². The molecule has 0 N–H and O–H groups in total. The topological polar surface area (TPSA) is 21.3 Å². The highest BCUT2D eigenvalue weighted by atomic mass is 32.1. The van der Waals surface area contributed by atoms with Gasteiger partial charge < -0.3 is 8.90 Å². The summed E-state index contributed by atoms with van der Waals surface area (Å²) in [5.74, 6) is 0.974. The zero-order valence-electron chi connectivity index (χ0n) is 35.1. The molecule has 0 spiro atoms. The maximum Gasteiger partial charge on any atom is 0.337 e. The third kappa shape index (κ3) is 4.29. The van der Waals surface area contributed by atoms with Gasteiger partial charge in [-0.15, -0.1) is 11.3 Å². The molecule has 3 aromatic heterocycles. The average Bonchev–Trinajstić information content (AvgIpc) is 3.83. The maximum absolute atomic E-state index is 7.53. The van der Waals surface area contributed by atoms with Crippen molar-refractivity contribution < 1.29 is 4.42 Å². The third-order valence-corrected chi connectivity index (χ3v) is 16.5. The molecular formula is C52H51BN2OS. The first kappa shape index (κ1) is 34.3. The van der Waals surface area contributed by atoms with Gasteiger partial charge in [0.05, 0.1) is 15.9 Å². The summed E-state index contributed by atoms with van der Waals surface area (Å²) in [6.07, 6.45) is 4.72. The van der Waals surface area contributed by atoms with Gasteiger partial charge in [-0.25, -0.2) is 0 Å². The van der Waals surface area contributed by atoms with Crippen LogP contribution in [0, 0.1) is 13.8 Å². The molecule has 0 amide bonds. The molecule has 5 heteroatoms. The molecule has 5 heterocycles. The van der Waals surface area contributed by atoms with E-state index in [2.05, 4.69) is 157 Å². The Bertz CT molecular complexity index is 3130. The highest BCUT2D eigenvalue weighted by molar-refractivity contribution is 7.27. The Balaban J connectivity index is 1.26. The number of rotatable bonds is 1. The standard InChI is InChI=1S/C52H51BN2OS/c1-28-22-33-30-15-13-16-32-45(30)55(46-31-14-11-12-17-42(31)57-47(32)46)53-43(33)40(23-28)54(39-26-37-35(24-29(39)2)49(3,4)18-20-51(37,7)8)48-44(53)34-25-36-38(27-41(34)56-48)52(9,10)21-19-50(36,5)6/h11-17,22-27H,18-21H2,1-10H3. The van der Waals surface area contributed by atoms with Crippen molar-refractivity contribution >= 4 is 88.5 Å². The fourth-order valence-corrected chi connectivity index (χ4v) is 13.0. The van der Waals surface area contributed by atoms with Crippen LogP contribution in [0.4, 0.5) is 17.3 Å². The van der Waals surface area contributed by atoms with Gasteiger partial charge in [-0.05, 0) is 136 Å². The number of benzene rings is 5. The number of para-hydroxylation sites is 1. The summed E-state index contributed by atoms with van der Waals surface area (Å²) >= 11 is 1.94. The number of hydrogen-bond acceptors (Lipinski definition) is 3. The minimum absolute atomic E-state index is 0.0536. The monoisotopic (exact) mass is 762 g/mol. The summed E-state index contributed by atoms with van der Waals surface area (Å²) in [5.41, 5.74) is 20.4. The molecule has 0 saturated heterocycles. The Hall–Kier alpha value is -4.74. The van der Waals surface area contributed by atoms with Crippen LogP contribution < -0.4 is 15.8 Å². The van der Waals surface area contributed by atoms with Gasteiger partial charge in [-0.2, -0.15) is 0 Å². The van der Waals surface area contributed by atoms with E-state index >= 15 is 0 Å². The first-order valence-corrected chi connectivity index (χ1v) is 22.0. The van der Waals surface area contributed by atoms with Crippen molar-refractivity contribution in [3.63, 3.8) is 0 Å². The van der Waals surface area contributed by atoms with E-state index in [-0.39, 0.29) is 28.5 Å². The van der Waals surface area contributed by atoms with Crippen molar-refractivity contribution in [1.29, 1.82) is 0 Å². The minimum atomic E-state index is -0.0536. The van der Waals surface area contributed by atoms with E-state index in [9.17, 15) is 0 Å². The van der Waals surface area contributed by atoms with Crippen molar-refractivity contribution in [2.24, 2.45) is 0 Å². The summed E-state index contributed by atoms with van der Waals surface area (Å²) in [7, 11) is 0. The molecule has 0 bridgehead atoms. The maximum atomic E-state index is 7.53. The number of anilines is 3. The predicted octanol–water partition coefficient (Wildman–Crippen LogP) is 13.5. The van der Waals surface area contributed by atoms with Gasteiger partial charge in [0.2, 0.25) is 5.88 Å². The van der Waals surface area contributed by atoms with Crippen LogP contribution in [-0.2, 0) is 21.7 Å². The number of aromatic nitrogens is 1. The van der Waals surface area contributed by atoms with E-state index in [1.54, 1.807) is 0 Å². The fourth-order valence-electron chi connectivity index (χ4n) is 11.8. The lowest BCUT2D eigenvalue weighted by Crippen LogP contribution is -2.56. The Morgan fingerprint density at radius 3 is 1.93 bits per heavy atom. The van der Waals surface area contributed by atoms with E-state index in [0.717, 1.165) is 11.5 Å². The van der Waals surface area contributed by atoms with Crippen LogP contribution in [0.15, 0.2) is 83.3 Å². The molecule has 0 atom stereocenters. The molecule has 57 heavy (non-hydrogen) atoms. The fraction of sp³-hybridized carbons (Fsp3) is 0.346. The average molecular weight is 763 g/mol. The molecule has 5 aromatic carbocycles. The molecule has 2 aliphatic carbocycles. The van der Waals surface area contributed by atoms with Crippen molar-refractivity contribution in [1.82, 2.24) is 4.48 Å². The van der Waals surface area contributed by atoms with Crippen molar-refractivity contribution in [3.05, 3.63) is 112 Å². The normalized spacial score (nSPS) is 19.3. The molecule has 8 aromatic rings. The van der Waals surface area contributed by atoms with E-state index < -0.39 is 0 Å². The Kier molecular flexibility index (Phi) is 6.41. The van der Waals surface area contributed by atoms with Gasteiger partial charge in [0.1, 0.15) is 5.58 Å². The van der Waals surface area contributed by atoms with Gasteiger partial charge in [0, 0.05) is 43.1 Å². The Morgan fingerprint density at radius 1 is 0.579 bits per heavy atom. The number of nitrogens with zero attached hydrogens (tertiary/aromatic N) is 2. The molecule has 0 saturated carbocycles. The molecule has 12 rings (SSSR count). The highest BCUT2D eigenvalue weighted by Crippen LogP contribution is 2.54. The van der Waals surface area contributed by atoms with E-state index in [0.29, 0.717) is 0 Å². The summed E-state index contributed by atoms with van der Waals surface area (Å²) in [5, 5.41) is 3.95. The van der Waals surface area contributed by atoms with Crippen molar-refractivity contribution in [3.8, 4) is 11.1 Å². The summed E-state index contributed by atoms with van der Waals surface area (Å²) in [4.78, 5) is 2.55. The van der Waals surface area contributed by atoms with Crippen LogP contribution in [0.2, 0.25) is 0 Å². The predicted molar refractivity (Wildman–Crippen MR) is 245 cm³/mol. The second-order valence-corrected chi connectivity index (χ2v) is 21.8. The Labute approximate surface area is 340 Å². The van der Waals surface area contributed by atoms with Crippen LogP contribution in [0.25, 0.3) is 53.3 Å².